The molecular weight excluding hydrogens is 206 g/mol. The van der Waals surface area contributed by atoms with Gasteiger partial charge in [-0.1, -0.05) is 6.07 Å². The van der Waals surface area contributed by atoms with Gasteiger partial charge >= 0.3 is 0 Å². The van der Waals surface area contributed by atoms with E-state index in [4.69, 9.17) is 19.8 Å². The molecule has 0 amide bonds. The molecule has 0 saturated heterocycles. The van der Waals surface area contributed by atoms with Crippen LogP contribution in [-0.4, -0.2) is 25.9 Å². The predicted molar refractivity (Wildman–Crippen MR) is 59.4 cm³/mol. The van der Waals surface area contributed by atoms with Crippen molar-refractivity contribution in [1.82, 2.24) is 0 Å². The topological polar surface area (TPSA) is 62.5 Å². The van der Waals surface area contributed by atoms with Crippen molar-refractivity contribution < 1.29 is 14.6 Å². The van der Waals surface area contributed by atoms with Gasteiger partial charge in [-0.3, -0.25) is 0 Å². The van der Waals surface area contributed by atoms with Gasteiger partial charge in [0.25, 0.3) is 0 Å². The van der Waals surface area contributed by atoms with Crippen LogP contribution in [0.15, 0.2) is 18.2 Å². The minimum absolute atomic E-state index is 0.134. The van der Waals surface area contributed by atoms with Crippen LogP contribution in [-0.2, 0) is 6.42 Å². The molecule has 1 rings (SSSR count). The molecule has 1 aromatic carbocycles. The van der Waals surface area contributed by atoms with Gasteiger partial charge in [0.2, 0.25) is 0 Å². The summed E-state index contributed by atoms with van der Waals surface area (Å²) in [5.41, 5.74) is 0.943. The maximum absolute atomic E-state index is 8.94. The van der Waals surface area contributed by atoms with Gasteiger partial charge in [-0.2, -0.15) is 5.26 Å². The summed E-state index contributed by atoms with van der Waals surface area (Å²) in [6, 6.07) is 7.52. The highest BCUT2D eigenvalue weighted by Gasteiger charge is 2.10. The van der Waals surface area contributed by atoms with E-state index in [0.717, 1.165) is 5.56 Å². The zero-order valence-electron chi connectivity index (χ0n) is 9.43. The number of methoxy groups -OCH3 is 2. The molecule has 0 aliphatic carbocycles. The monoisotopic (exact) mass is 221 g/mol. The number of ether oxygens (including phenoxy) is 2. The van der Waals surface area contributed by atoms with Crippen LogP contribution in [0.1, 0.15) is 5.56 Å². The summed E-state index contributed by atoms with van der Waals surface area (Å²) in [7, 11) is 3.14. The lowest BCUT2D eigenvalue weighted by Gasteiger charge is -2.10. The molecule has 0 unspecified atom stereocenters. The van der Waals surface area contributed by atoms with E-state index in [1.165, 1.54) is 0 Å². The average Bonchev–Trinajstić information content (AvgIpc) is 2.35. The fourth-order valence-electron chi connectivity index (χ4n) is 1.44. The average molecular weight is 221 g/mol. The number of aliphatic hydroxyl groups excluding tert-OH is 1. The van der Waals surface area contributed by atoms with Crippen LogP contribution < -0.4 is 9.47 Å². The molecule has 0 aliphatic rings. The smallest absolute Gasteiger partial charge is 0.160 e. The summed E-state index contributed by atoms with van der Waals surface area (Å²) >= 11 is 0. The van der Waals surface area contributed by atoms with E-state index in [1.54, 1.807) is 20.3 Å². The van der Waals surface area contributed by atoms with Crippen molar-refractivity contribution in [3.05, 3.63) is 23.8 Å². The Kier molecular flexibility index (Phi) is 4.62. The molecule has 1 N–H and O–H groups in total. The second kappa shape index (κ2) is 5.99. The second-order valence-electron chi connectivity index (χ2n) is 3.40. The third-order valence-corrected chi connectivity index (χ3v) is 2.33. The number of hydrogen-bond acceptors (Lipinski definition) is 4. The maximum Gasteiger partial charge on any atom is 0.160 e. The molecule has 0 spiro atoms. The Bertz CT molecular complexity index is 384. The molecule has 4 heteroatoms. The van der Waals surface area contributed by atoms with E-state index < -0.39 is 0 Å². The van der Waals surface area contributed by atoms with Crippen LogP contribution in [0.4, 0.5) is 0 Å². The molecule has 1 atom stereocenters. The first kappa shape index (κ1) is 12.3. The van der Waals surface area contributed by atoms with Crippen LogP contribution in [0.5, 0.6) is 11.5 Å². The number of aliphatic hydroxyl groups is 1. The summed E-state index contributed by atoms with van der Waals surface area (Å²) < 4.78 is 10.3. The van der Waals surface area contributed by atoms with Crippen LogP contribution in [0.3, 0.4) is 0 Å². The lowest BCUT2D eigenvalue weighted by molar-refractivity contribution is 0.255. The van der Waals surface area contributed by atoms with Crippen molar-refractivity contribution in [3.8, 4) is 17.6 Å². The Hall–Kier alpha value is -1.73. The minimum atomic E-state index is -0.377. The van der Waals surface area contributed by atoms with Crippen LogP contribution in [0, 0.1) is 17.2 Å². The number of benzene rings is 1. The van der Waals surface area contributed by atoms with Crippen molar-refractivity contribution in [3.63, 3.8) is 0 Å². The molecule has 86 valence electrons. The SMILES string of the molecule is COc1ccc(C[C@@H](C#N)CO)cc1OC. The van der Waals surface area contributed by atoms with Crippen molar-refractivity contribution in [2.45, 2.75) is 6.42 Å². The van der Waals surface area contributed by atoms with Gasteiger partial charge in [-0.25, -0.2) is 0 Å². The Labute approximate surface area is 95.0 Å². The van der Waals surface area contributed by atoms with Gasteiger partial charge in [0.1, 0.15) is 0 Å². The molecule has 1 aromatic rings. The zero-order chi connectivity index (χ0) is 12.0. The standard InChI is InChI=1S/C12H15NO3/c1-15-11-4-3-9(6-12(11)16-2)5-10(7-13)8-14/h3-4,6,10,14H,5,8H2,1-2H3/t10-/m0/s1. The highest BCUT2D eigenvalue weighted by Crippen LogP contribution is 2.28. The summed E-state index contributed by atoms with van der Waals surface area (Å²) in [5.74, 6) is 0.913. The Morgan fingerprint density at radius 3 is 2.50 bits per heavy atom. The minimum Gasteiger partial charge on any atom is -0.493 e. The first-order valence-corrected chi connectivity index (χ1v) is 4.96. The molecule has 0 radical (unpaired) electrons. The lowest BCUT2D eigenvalue weighted by atomic mass is 10.0. The number of hydrogen-bond donors (Lipinski definition) is 1. The van der Waals surface area contributed by atoms with Crippen LogP contribution in [0.2, 0.25) is 0 Å². The Morgan fingerprint density at radius 1 is 1.31 bits per heavy atom. The van der Waals surface area contributed by atoms with Gasteiger partial charge in [-0.05, 0) is 24.1 Å². The van der Waals surface area contributed by atoms with E-state index in [-0.39, 0.29) is 12.5 Å². The maximum atomic E-state index is 8.94. The Balaban J connectivity index is 2.87. The predicted octanol–water partition coefficient (Wildman–Crippen LogP) is 1.38. The first-order valence-electron chi connectivity index (χ1n) is 4.96. The largest absolute Gasteiger partial charge is 0.493 e. The lowest BCUT2D eigenvalue weighted by Crippen LogP contribution is -2.06. The summed E-state index contributed by atoms with van der Waals surface area (Å²) in [6.07, 6.45) is 0.507. The molecule has 16 heavy (non-hydrogen) atoms. The van der Waals surface area contributed by atoms with Gasteiger partial charge in [0, 0.05) is 0 Å². The quantitative estimate of drug-likeness (QED) is 0.815. The fourth-order valence-corrected chi connectivity index (χ4v) is 1.44. The van der Waals surface area contributed by atoms with Crippen molar-refractivity contribution in [2.75, 3.05) is 20.8 Å². The third-order valence-electron chi connectivity index (χ3n) is 2.33. The van der Waals surface area contributed by atoms with Crippen molar-refractivity contribution >= 4 is 0 Å². The number of nitrogens with zero attached hydrogens (tertiary/aromatic N) is 1. The molecule has 0 aromatic heterocycles. The summed E-state index contributed by atoms with van der Waals surface area (Å²) in [6.45, 7) is -0.134. The van der Waals surface area contributed by atoms with E-state index in [1.807, 2.05) is 18.2 Å². The Morgan fingerprint density at radius 2 is 2.00 bits per heavy atom. The zero-order valence-corrected chi connectivity index (χ0v) is 9.43. The highest BCUT2D eigenvalue weighted by molar-refractivity contribution is 5.43. The van der Waals surface area contributed by atoms with Gasteiger partial charge < -0.3 is 14.6 Å². The van der Waals surface area contributed by atoms with Gasteiger partial charge in [0.15, 0.2) is 11.5 Å². The number of rotatable bonds is 5. The van der Waals surface area contributed by atoms with Gasteiger partial charge in [0.05, 0.1) is 32.8 Å². The van der Waals surface area contributed by atoms with E-state index in [2.05, 4.69) is 0 Å². The van der Waals surface area contributed by atoms with Gasteiger partial charge in [-0.15, -0.1) is 0 Å². The molecule has 0 aliphatic heterocycles. The van der Waals surface area contributed by atoms with E-state index in [9.17, 15) is 0 Å². The molecule has 4 nitrogen and oxygen atoms in total. The number of nitriles is 1. The highest BCUT2D eigenvalue weighted by atomic mass is 16.5. The van der Waals surface area contributed by atoms with Crippen molar-refractivity contribution in [1.29, 1.82) is 5.26 Å². The summed E-state index contributed by atoms with van der Waals surface area (Å²) in [5, 5.41) is 17.7. The van der Waals surface area contributed by atoms with E-state index >= 15 is 0 Å². The van der Waals surface area contributed by atoms with E-state index in [0.29, 0.717) is 17.9 Å². The molecule has 0 saturated carbocycles. The van der Waals surface area contributed by atoms with Crippen molar-refractivity contribution in [2.24, 2.45) is 5.92 Å². The fraction of sp³-hybridized carbons (Fsp3) is 0.417. The molecule has 0 bridgehead atoms. The van der Waals surface area contributed by atoms with Crippen LogP contribution in [0.25, 0.3) is 0 Å². The molecule has 0 fully saturated rings. The van der Waals surface area contributed by atoms with Crippen LogP contribution >= 0.6 is 0 Å². The normalized spacial score (nSPS) is 11.6. The first-order chi connectivity index (χ1) is 7.74. The third kappa shape index (κ3) is 2.88. The second-order valence-corrected chi connectivity index (χ2v) is 3.40. The summed E-state index contributed by atoms with van der Waals surface area (Å²) in [4.78, 5) is 0. The molecule has 0 heterocycles. The molecular formula is C12H15NO3.